The highest BCUT2D eigenvalue weighted by Gasteiger charge is 2.22. The first-order chi connectivity index (χ1) is 16.2. The number of hydrogen-bond acceptors (Lipinski definition) is 4. The van der Waals surface area contributed by atoms with Gasteiger partial charge < -0.3 is 15.7 Å². The van der Waals surface area contributed by atoms with E-state index < -0.39 is 17.1 Å². The molecule has 0 spiro atoms. The van der Waals surface area contributed by atoms with E-state index in [2.05, 4.69) is 10.6 Å². The molecule has 3 aromatic carbocycles. The van der Waals surface area contributed by atoms with Crippen LogP contribution < -0.4 is 10.6 Å². The Morgan fingerprint density at radius 3 is 2.21 bits per heavy atom. The molecule has 1 atom stereocenters. The van der Waals surface area contributed by atoms with Crippen LogP contribution in [-0.4, -0.2) is 22.9 Å². The van der Waals surface area contributed by atoms with E-state index in [0.29, 0.717) is 16.4 Å². The van der Waals surface area contributed by atoms with Crippen molar-refractivity contribution in [1.29, 1.82) is 0 Å². The molecule has 174 valence electrons. The van der Waals surface area contributed by atoms with E-state index in [1.807, 2.05) is 43.3 Å². The van der Waals surface area contributed by atoms with Crippen molar-refractivity contribution in [3.8, 4) is 0 Å². The third kappa shape index (κ3) is 6.97. The molecule has 3 N–H and O–H groups in total. The number of aliphatic carboxylic acids is 1. The first-order valence-corrected chi connectivity index (χ1v) is 11.6. The van der Waals surface area contributed by atoms with Crippen molar-refractivity contribution in [2.24, 2.45) is 0 Å². The second-order valence-electron chi connectivity index (χ2n) is 7.51. The van der Waals surface area contributed by atoms with Crippen LogP contribution in [0.4, 0.5) is 11.4 Å². The van der Waals surface area contributed by atoms with Gasteiger partial charge in [-0.3, -0.25) is 9.59 Å². The number of benzene rings is 3. The van der Waals surface area contributed by atoms with E-state index >= 15 is 0 Å². The normalized spacial score (nSPS) is 12.0. The highest BCUT2D eigenvalue weighted by Crippen LogP contribution is 2.37. The van der Waals surface area contributed by atoms with E-state index in [1.54, 1.807) is 36.4 Å². The van der Waals surface area contributed by atoms with Crippen LogP contribution in [0.25, 0.3) is 0 Å². The first-order valence-electron chi connectivity index (χ1n) is 10.3. The average Bonchev–Trinajstić information content (AvgIpc) is 2.81. The van der Waals surface area contributed by atoms with E-state index in [-0.39, 0.29) is 11.5 Å². The molecule has 0 unspecified atom stereocenters. The number of halogens is 1. The quantitative estimate of drug-likeness (QED) is 0.260. The van der Waals surface area contributed by atoms with Gasteiger partial charge >= 0.3 is 5.97 Å². The number of nitrogens with one attached hydrogen (secondary N) is 2. The first kappa shape index (κ1) is 25.1. The Morgan fingerprint density at radius 2 is 1.59 bits per heavy atom. The Labute approximate surface area is 207 Å². The minimum absolute atomic E-state index is 0.0581. The van der Waals surface area contributed by atoms with Crippen LogP contribution in [0.2, 0.25) is 5.02 Å². The summed E-state index contributed by atoms with van der Waals surface area (Å²) >= 11 is 7.47. The fraction of sp³-hybridized carbons (Fsp3) is 0.115. The number of rotatable bonds is 8. The minimum Gasteiger partial charge on any atom is -0.478 e. The largest absolute Gasteiger partial charge is 0.478 e. The summed E-state index contributed by atoms with van der Waals surface area (Å²) in [5, 5.41) is 14.6. The van der Waals surface area contributed by atoms with Crippen LogP contribution in [0, 0.1) is 6.92 Å². The van der Waals surface area contributed by atoms with Crippen LogP contribution in [-0.2, 0) is 14.4 Å². The fourth-order valence-electron chi connectivity index (χ4n) is 3.02. The molecule has 0 saturated carbocycles. The van der Waals surface area contributed by atoms with Crippen molar-refractivity contribution < 1.29 is 19.5 Å². The molecule has 3 rings (SSSR count). The standard InChI is InChI=1S/C26H23ClN2O4S/c1-16-14-20(10-13-22(16)27)29-25(31)24(18-6-4-3-5-7-18)34-21-11-8-19(9-12-21)28-23(30)15-17(2)26(32)33/h3-15,24H,1-2H3,(H,28,30)(H,29,31)(H,32,33)/b17-15+/t24-/m1/s1. The highest BCUT2D eigenvalue weighted by molar-refractivity contribution is 8.00. The van der Waals surface area contributed by atoms with Gasteiger partial charge in [0.2, 0.25) is 11.8 Å². The number of amides is 2. The molecule has 0 saturated heterocycles. The van der Waals surface area contributed by atoms with Crippen LogP contribution in [0.1, 0.15) is 23.3 Å². The monoisotopic (exact) mass is 494 g/mol. The number of anilines is 2. The molecule has 0 aliphatic heterocycles. The lowest BCUT2D eigenvalue weighted by Gasteiger charge is -2.18. The van der Waals surface area contributed by atoms with Crippen molar-refractivity contribution in [3.63, 3.8) is 0 Å². The SMILES string of the molecule is C/C(=C\C(=O)Nc1ccc(S[C@@H](C(=O)Nc2ccc(Cl)c(C)c2)c2ccccc2)cc1)C(=O)O. The molecule has 0 radical (unpaired) electrons. The number of aryl methyl sites for hydroxylation is 1. The summed E-state index contributed by atoms with van der Waals surface area (Å²) in [6, 6.07) is 21.8. The molecule has 8 heteroatoms. The summed E-state index contributed by atoms with van der Waals surface area (Å²) in [5.41, 5.74) is 2.84. The topological polar surface area (TPSA) is 95.5 Å². The second kappa shape index (κ2) is 11.5. The van der Waals surface area contributed by atoms with Gasteiger partial charge in [0, 0.05) is 32.9 Å². The molecule has 0 bridgehead atoms. The van der Waals surface area contributed by atoms with Gasteiger partial charge in [0.25, 0.3) is 0 Å². The summed E-state index contributed by atoms with van der Waals surface area (Å²) < 4.78 is 0. The smallest absolute Gasteiger partial charge is 0.331 e. The number of carboxylic acid groups (broad SMARTS) is 1. The van der Waals surface area contributed by atoms with Gasteiger partial charge in [0.15, 0.2) is 0 Å². The summed E-state index contributed by atoms with van der Waals surface area (Å²) in [4.78, 5) is 36.9. The second-order valence-corrected chi connectivity index (χ2v) is 9.09. The number of carbonyl (C=O) groups is 3. The molecule has 6 nitrogen and oxygen atoms in total. The van der Waals surface area contributed by atoms with Crippen molar-refractivity contribution in [3.05, 3.63) is 101 Å². The zero-order valence-corrected chi connectivity index (χ0v) is 20.1. The Balaban J connectivity index is 1.76. The van der Waals surface area contributed by atoms with Gasteiger partial charge in [-0.2, -0.15) is 0 Å². The Morgan fingerprint density at radius 1 is 0.941 bits per heavy atom. The maximum absolute atomic E-state index is 13.2. The highest BCUT2D eigenvalue weighted by atomic mass is 35.5. The zero-order valence-electron chi connectivity index (χ0n) is 18.5. The average molecular weight is 495 g/mol. The molecule has 0 aliphatic carbocycles. The van der Waals surface area contributed by atoms with Gasteiger partial charge in [-0.15, -0.1) is 11.8 Å². The van der Waals surface area contributed by atoms with Crippen LogP contribution in [0.3, 0.4) is 0 Å². The predicted octanol–water partition coefficient (Wildman–Crippen LogP) is 6.09. The Hall–Kier alpha value is -3.55. The third-order valence-corrected chi connectivity index (χ3v) is 6.52. The maximum atomic E-state index is 13.2. The summed E-state index contributed by atoms with van der Waals surface area (Å²) in [5.74, 6) is -1.86. The molecule has 0 fully saturated rings. The Kier molecular flexibility index (Phi) is 8.51. The summed E-state index contributed by atoms with van der Waals surface area (Å²) in [6.45, 7) is 3.22. The molecular formula is C26H23ClN2O4S. The molecule has 0 heterocycles. The van der Waals surface area contributed by atoms with Gasteiger partial charge in [-0.25, -0.2) is 4.79 Å². The summed E-state index contributed by atoms with van der Waals surface area (Å²) in [7, 11) is 0. The number of thioether (sulfide) groups is 1. The van der Waals surface area contributed by atoms with Crippen molar-refractivity contribution >= 4 is 52.5 Å². The zero-order chi connectivity index (χ0) is 24.7. The molecule has 2 amide bonds. The van der Waals surface area contributed by atoms with Gasteiger partial charge in [-0.05, 0) is 67.4 Å². The Bertz CT molecular complexity index is 1230. The van der Waals surface area contributed by atoms with Crippen molar-refractivity contribution in [2.75, 3.05) is 10.6 Å². The number of carboxylic acids is 1. The number of hydrogen-bond donors (Lipinski definition) is 3. The predicted molar refractivity (Wildman–Crippen MR) is 136 cm³/mol. The fourth-order valence-corrected chi connectivity index (χ4v) is 4.16. The summed E-state index contributed by atoms with van der Waals surface area (Å²) in [6.07, 6.45) is 1.03. The van der Waals surface area contributed by atoms with Crippen molar-refractivity contribution in [2.45, 2.75) is 24.0 Å². The minimum atomic E-state index is -1.15. The van der Waals surface area contributed by atoms with Crippen LogP contribution in [0.15, 0.2) is 89.3 Å². The third-order valence-electron chi connectivity index (χ3n) is 4.83. The van der Waals surface area contributed by atoms with Crippen LogP contribution >= 0.6 is 23.4 Å². The van der Waals surface area contributed by atoms with E-state index in [0.717, 1.165) is 22.1 Å². The molecule has 0 aliphatic rings. The lowest BCUT2D eigenvalue weighted by Crippen LogP contribution is -2.19. The van der Waals surface area contributed by atoms with Gasteiger partial charge in [0.1, 0.15) is 5.25 Å². The molecule has 34 heavy (non-hydrogen) atoms. The molecule has 3 aromatic rings. The van der Waals surface area contributed by atoms with E-state index in [1.165, 1.54) is 18.7 Å². The molecular weight excluding hydrogens is 472 g/mol. The van der Waals surface area contributed by atoms with E-state index in [4.69, 9.17) is 16.7 Å². The van der Waals surface area contributed by atoms with Gasteiger partial charge in [0.05, 0.1) is 0 Å². The lowest BCUT2D eigenvalue weighted by atomic mass is 10.1. The van der Waals surface area contributed by atoms with E-state index in [9.17, 15) is 14.4 Å². The van der Waals surface area contributed by atoms with Crippen LogP contribution in [0.5, 0.6) is 0 Å². The lowest BCUT2D eigenvalue weighted by molar-refractivity contribution is -0.132. The van der Waals surface area contributed by atoms with Crippen molar-refractivity contribution in [1.82, 2.24) is 0 Å². The number of carbonyl (C=O) groups excluding carboxylic acids is 2. The maximum Gasteiger partial charge on any atom is 0.331 e. The molecule has 0 aromatic heterocycles. The van der Waals surface area contributed by atoms with Gasteiger partial charge in [-0.1, -0.05) is 41.9 Å².